The first-order valence-electron chi connectivity index (χ1n) is 5.54. The van der Waals surface area contributed by atoms with Gasteiger partial charge in [0.1, 0.15) is 0 Å². The van der Waals surface area contributed by atoms with Gasteiger partial charge in [0.25, 0.3) is 0 Å². The summed E-state index contributed by atoms with van der Waals surface area (Å²) in [6, 6.07) is 0. The maximum absolute atomic E-state index is 11.5. The number of nitrogens with one attached hydrogen (secondary N) is 1. The Balaban J connectivity index is 4.36. The molecule has 1 N–H and O–H groups in total. The highest BCUT2D eigenvalue weighted by Gasteiger charge is 2.11. The molecule has 2 nitrogen and oxygen atoms in total. The molecular formula is C14H21NO. The van der Waals surface area contributed by atoms with Crippen molar-refractivity contribution in [1.82, 2.24) is 5.32 Å². The second-order valence-corrected chi connectivity index (χ2v) is 3.57. The minimum absolute atomic E-state index is 0.0265. The van der Waals surface area contributed by atoms with Gasteiger partial charge in [0.2, 0.25) is 5.91 Å². The number of hydrogen-bond acceptors (Lipinski definition) is 1. The number of carbonyl (C=O) groups is 1. The lowest BCUT2D eigenvalue weighted by Crippen LogP contribution is -2.28. The highest BCUT2D eigenvalue weighted by Crippen LogP contribution is 2.12. The molecule has 0 rings (SSSR count). The fourth-order valence-corrected chi connectivity index (χ4v) is 1.27. The van der Waals surface area contributed by atoms with Gasteiger partial charge in [-0.1, -0.05) is 50.5 Å². The second kappa shape index (κ2) is 8.72. The average molecular weight is 219 g/mol. The summed E-state index contributed by atoms with van der Waals surface area (Å²) in [5, 5.41) is 2.81. The van der Waals surface area contributed by atoms with Gasteiger partial charge in [-0.05, 0) is 18.9 Å². The Morgan fingerprint density at radius 2 is 2.06 bits per heavy atom. The minimum atomic E-state index is -0.0265. The molecule has 1 atom stereocenters. The number of carbonyl (C=O) groups excluding carboxylic acids is 1. The molecular weight excluding hydrogens is 198 g/mol. The molecule has 0 heterocycles. The number of amides is 1. The molecule has 0 saturated carbocycles. The summed E-state index contributed by atoms with van der Waals surface area (Å²) in [4.78, 5) is 11.5. The lowest BCUT2D eigenvalue weighted by Gasteiger charge is -2.11. The number of hydrogen-bond donors (Lipinski definition) is 1. The Hall–Kier alpha value is -1.57. The molecule has 0 spiro atoms. The maximum atomic E-state index is 11.5. The van der Waals surface area contributed by atoms with Crippen LogP contribution in [0.25, 0.3) is 0 Å². The lowest BCUT2D eigenvalue weighted by atomic mass is 10.00. The predicted octanol–water partition coefficient (Wildman–Crippen LogP) is 3.00. The van der Waals surface area contributed by atoms with Gasteiger partial charge in [-0.2, -0.15) is 0 Å². The zero-order valence-electron chi connectivity index (χ0n) is 10.2. The number of rotatable bonds is 7. The monoisotopic (exact) mass is 219 g/mol. The van der Waals surface area contributed by atoms with E-state index in [1.807, 2.05) is 32.1 Å². The normalized spacial score (nSPS) is 13.5. The van der Waals surface area contributed by atoms with Crippen molar-refractivity contribution in [2.24, 2.45) is 5.92 Å². The first-order valence-corrected chi connectivity index (χ1v) is 5.54. The Kier molecular flexibility index (Phi) is 7.86. The van der Waals surface area contributed by atoms with Gasteiger partial charge in [0.05, 0.1) is 0 Å². The van der Waals surface area contributed by atoms with Gasteiger partial charge in [-0.25, -0.2) is 0 Å². The highest BCUT2D eigenvalue weighted by molar-refractivity contribution is 5.78. The quantitative estimate of drug-likeness (QED) is 0.655. The van der Waals surface area contributed by atoms with Crippen LogP contribution in [0.3, 0.4) is 0 Å². The SMILES string of the molecule is C=C/C=C\C=C(/C=C)CC(C)C(=O)NCC. The Morgan fingerprint density at radius 3 is 2.56 bits per heavy atom. The van der Waals surface area contributed by atoms with Crippen LogP contribution in [-0.4, -0.2) is 12.5 Å². The van der Waals surface area contributed by atoms with Crippen LogP contribution in [0.4, 0.5) is 0 Å². The van der Waals surface area contributed by atoms with Gasteiger partial charge in [-0.15, -0.1) is 0 Å². The molecule has 1 unspecified atom stereocenters. The van der Waals surface area contributed by atoms with Crippen molar-refractivity contribution in [1.29, 1.82) is 0 Å². The topological polar surface area (TPSA) is 29.1 Å². The van der Waals surface area contributed by atoms with E-state index in [-0.39, 0.29) is 11.8 Å². The van der Waals surface area contributed by atoms with E-state index in [9.17, 15) is 4.79 Å². The van der Waals surface area contributed by atoms with Crippen LogP contribution >= 0.6 is 0 Å². The zero-order valence-corrected chi connectivity index (χ0v) is 10.2. The van der Waals surface area contributed by atoms with Crippen molar-refractivity contribution in [2.75, 3.05) is 6.54 Å². The van der Waals surface area contributed by atoms with Crippen molar-refractivity contribution >= 4 is 5.91 Å². The Bertz CT molecular complexity index is 300. The largest absolute Gasteiger partial charge is 0.356 e. The van der Waals surface area contributed by atoms with E-state index in [4.69, 9.17) is 0 Å². The molecule has 0 aromatic rings. The summed E-state index contributed by atoms with van der Waals surface area (Å²) in [7, 11) is 0. The highest BCUT2D eigenvalue weighted by atomic mass is 16.1. The molecule has 16 heavy (non-hydrogen) atoms. The molecule has 2 heteroatoms. The summed E-state index contributed by atoms with van der Waals surface area (Å²) in [5.74, 6) is 0.0595. The van der Waals surface area contributed by atoms with Crippen LogP contribution < -0.4 is 5.32 Å². The lowest BCUT2D eigenvalue weighted by molar-refractivity contribution is -0.124. The third-order valence-corrected chi connectivity index (χ3v) is 2.16. The average Bonchev–Trinajstić information content (AvgIpc) is 2.28. The van der Waals surface area contributed by atoms with E-state index >= 15 is 0 Å². The first-order chi connectivity index (χ1) is 7.65. The van der Waals surface area contributed by atoms with E-state index in [2.05, 4.69) is 18.5 Å². The van der Waals surface area contributed by atoms with Gasteiger partial charge in [0.15, 0.2) is 0 Å². The van der Waals surface area contributed by atoms with Crippen molar-refractivity contribution < 1.29 is 4.79 Å². The van der Waals surface area contributed by atoms with Crippen molar-refractivity contribution in [3.05, 3.63) is 49.1 Å². The molecule has 0 aromatic heterocycles. The zero-order chi connectivity index (χ0) is 12.4. The summed E-state index contributed by atoms with van der Waals surface area (Å²) < 4.78 is 0. The molecule has 0 aliphatic heterocycles. The van der Waals surface area contributed by atoms with Crippen molar-refractivity contribution in [3.63, 3.8) is 0 Å². The van der Waals surface area contributed by atoms with Crippen LogP contribution in [0.1, 0.15) is 20.3 Å². The van der Waals surface area contributed by atoms with E-state index in [1.54, 1.807) is 12.2 Å². The van der Waals surface area contributed by atoms with E-state index in [0.717, 1.165) is 5.57 Å². The first kappa shape index (κ1) is 14.4. The fourth-order valence-electron chi connectivity index (χ4n) is 1.27. The molecule has 0 aromatic carbocycles. The van der Waals surface area contributed by atoms with Crippen LogP contribution in [0.2, 0.25) is 0 Å². The third-order valence-electron chi connectivity index (χ3n) is 2.16. The molecule has 0 saturated heterocycles. The second-order valence-electron chi connectivity index (χ2n) is 3.57. The summed E-state index contributed by atoms with van der Waals surface area (Å²) in [6.07, 6.45) is 9.89. The van der Waals surface area contributed by atoms with Crippen LogP contribution in [0.5, 0.6) is 0 Å². The van der Waals surface area contributed by atoms with Crippen molar-refractivity contribution in [2.45, 2.75) is 20.3 Å². The van der Waals surface area contributed by atoms with Crippen LogP contribution in [-0.2, 0) is 4.79 Å². The van der Waals surface area contributed by atoms with E-state index in [1.165, 1.54) is 0 Å². The fraction of sp³-hybridized carbons (Fsp3) is 0.357. The Labute approximate surface area is 98.4 Å². The maximum Gasteiger partial charge on any atom is 0.223 e. The number of allylic oxidation sites excluding steroid dienone is 6. The summed E-state index contributed by atoms with van der Waals surface area (Å²) in [5.41, 5.74) is 1.05. The molecule has 0 radical (unpaired) electrons. The molecule has 0 aliphatic carbocycles. The summed E-state index contributed by atoms with van der Waals surface area (Å²) >= 11 is 0. The molecule has 0 bridgehead atoms. The van der Waals surface area contributed by atoms with Crippen LogP contribution in [0.15, 0.2) is 49.1 Å². The van der Waals surface area contributed by atoms with E-state index < -0.39 is 0 Å². The Morgan fingerprint density at radius 1 is 1.38 bits per heavy atom. The molecule has 88 valence electrons. The molecule has 0 fully saturated rings. The standard InChI is InChI=1S/C14H21NO/c1-5-8-9-10-13(6-2)11-12(4)14(16)15-7-3/h5-6,8-10,12H,1-2,7,11H2,3-4H3,(H,15,16)/b9-8-,13-10+. The van der Waals surface area contributed by atoms with E-state index in [0.29, 0.717) is 13.0 Å². The van der Waals surface area contributed by atoms with Gasteiger partial charge in [-0.3, -0.25) is 4.79 Å². The van der Waals surface area contributed by atoms with Gasteiger partial charge >= 0.3 is 0 Å². The van der Waals surface area contributed by atoms with Crippen LogP contribution in [0, 0.1) is 5.92 Å². The molecule has 0 aliphatic rings. The van der Waals surface area contributed by atoms with Gasteiger partial charge in [0, 0.05) is 12.5 Å². The van der Waals surface area contributed by atoms with Crippen molar-refractivity contribution in [3.8, 4) is 0 Å². The third kappa shape index (κ3) is 6.02. The van der Waals surface area contributed by atoms with Gasteiger partial charge < -0.3 is 5.32 Å². The predicted molar refractivity (Wildman–Crippen MR) is 70.1 cm³/mol. The molecule has 1 amide bonds. The summed E-state index contributed by atoms with van der Waals surface area (Å²) in [6.45, 7) is 11.8. The minimum Gasteiger partial charge on any atom is -0.356 e. The smallest absolute Gasteiger partial charge is 0.223 e.